The van der Waals surface area contributed by atoms with Crippen molar-refractivity contribution in [2.75, 3.05) is 12.3 Å². The van der Waals surface area contributed by atoms with Gasteiger partial charge in [0.15, 0.2) is 0 Å². The molecule has 0 heterocycles. The van der Waals surface area contributed by atoms with E-state index >= 15 is 0 Å². The van der Waals surface area contributed by atoms with E-state index in [1.165, 1.54) is 13.0 Å². The fourth-order valence-corrected chi connectivity index (χ4v) is 3.20. The summed E-state index contributed by atoms with van der Waals surface area (Å²) in [7, 11) is -3.84. The molecule has 0 spiro atoms. The van der Waals surface area contributed by atoms with E-state index < -0.39 is 16.1 Å². The SMILES string of the molecule is CCCNC(=O)C(C)NS(=O)(=O)c1cc(C)c(C)cc1N. The molecular formula is C14H23N3O3S. The molecule has 1 amide bonds. The van der Waals surface area contributed by atoms with Gasteiger partial charge in [-0.15, -0.1) is 0 Å². The molecule has 1 aromatic rings. The van der Waals surface area contributed by atoms with Gasteiger partial charge >= 0.3 is 0 Å². The average Bonchev–Trinajstić information content (AvgIpc) is 2.39. The summed E-state index contributed by atoms with van der Waals surface area (Å²) in [4.78, 5) is 11.7. The van der Waals surface area contributed by atoms with Gasteiger partial charge in [0.2, 0.25) is 15.9 Å². The molecule has 0 saturated carbocycles. The Morgan fingerprint density at radius 3 is 2.43 bits per heavy atom. The lowest BCUT2D eigenvalue weighted by atomic mass is 10.1. The van der Waals surface area contributed by atoms with Crippen molar-refractivity contribution >= 4 is 21.6 Å². The third kappa shape index (κ3) is 4.44. The van der Waals surface area contributed by atoms with Gasteiger partial charge in [-0.1, -0.05) is 6.92 Å². The Bertz CT molecular complexity index is 627. The molecule has 1 aromatic carbocycles. The Morgan fingerprint density at radius 1 is 1.29 bits per heavy atom. The second-order valence-electron chi connectivity index (χ2n) is 5.11. The maximum Gasteiger partial charge on any atom is 0.243 e. The smallest absolute Gasteiger partial charge is 0.243 e. The van der Waals surface area contributed by atoms with Crippen molar-refractivity contribution < 1.29 is 13.2 Å². The van der Waals surface area contributed by atoms with E-state index in [2.05, 4.69) is 10.0 Å². The minimum absolute atomic E-state index is 0.000687. The topological polar surface area (TPSA) is 101 Å². The zero-order valence-corrected chi connectivity index (χ0v) is 13.7. The molecule has 6 nitrogen and oxygen atoms in total. The molecular weight excluding hydrogens is 290 g/mol. The minimum Gasteiger partial charge on any atom is -0.398 e. The molecule has 0 fully saturated rings. The lowest BCUT2D eigenvalue weighted by Gasteiger charge is -2.16. The zero-order valence-electron chi connectivity index (χ0n) is 12.9. The Kier molecular flexibility index (Phi) is 5.74. The average molecular weight is 313 g/mol. The first-order valence-corrected chi connectivity index (χ1v) is 8.34. The summed E-state index contributed by atoms with van der Waals surface area (Å²) < 4.78 is 27.0. The highest BCUT2D eigenvalue weighted by atomic mass is 32.2. The second kappa shape index (κ2) is 6.91. The van der Waals surface area contributed by atoms with Gasteiger partial charge < -0.3 is 11.1 Å². The molecule has 0 bridgehead atoms. The number of benzene rings is 1. The lowest BCUT2D eigenvalue weighted by Crippen LogP contribution is -2.45. The third-order valence-corrected chi connectivity index (χ3v) is 4.79. The van der Waals surface area contributed by atoms with Crippen molar-refractivity contribution in [1.29, 1.82) is 0 Å². The van der Waals surface area contributed by atoms with E-state index in [9.17, 15) is 13.2 Å². The largest absolute Gasteiger partial charge is 0.398 e. The molecule has 4 N–H and O–H groups in total. The van der Waals surface area contributed by atoms with Crippen LogP contribution in [0.15, 0.2) is 17.0 Å². The van der Waals surface area contributed by atoms with E-state index in [0.717, 1.165) is 17.5 Å². The predicted molar refractivity (Wildman–Crippen MR) is 83.4 cm³/mol. The summed E-state index contributed by atoms with van der Waals surface area (Å²) >= 11 is 0. The van der Waals surface area contributed by atoms with E-state index in [1.807, 2.05) is 20.8 Å². The van der Waals surface area contributed by atoms with Crippen LogP contribution in [0.2, 0.25) is 0 Å². The fourth-order valence-electron chi connectivity index (χ4n) is 1.80. The van der Waals surface area contributed by atoms with Crippen molar-refractivity contribution in [3.63, 3.8) is 0 Å². The minimum atomic E-state index is -3.84. The van der Waals surface area contributed by atoms with Crippen LogP contribution in [0.5, 0.6) is 0 Å². The molecule has 118 valence electrons. The Balaban J connectivity index is 2.97. The number of sulfonamides is 1. The first-order valence-electron chi connectivity index (χ1n) is 6.85. The summed E-state index contributed by atoms with van der Waals surface area (Å²) in [5.74, 6) is -0.358. The van der Waals surface area contributed by atoms with Crippen LogP contribution in [0, 0.1) is 13.8 Å². The summed E-state index contributed by atoms with van der Waals surface area (Å²) in [6.07, 6.45) is 0.787. The van der Waals surface area contributed by atoms with Crippen LogP contribution in [-0.4, -0.2) is 26.9 Å². The van der Waals surface area contributed by atoms with Crippen LogP contribution < -0.4 is 15.8 Å². The lowest BCUT2D eigenvalue weighted by molar-refractivity contribution is -0.122. The van der Waals surface area contributed by atoms with Crippen molar-refractivity contribution in [3.8, 4) is 0 Å². The van der Waals surface area contributed by atoms with Crippen molar-refractivity contribution in [1.82, 2.24) is 10.0 Å². The van der Waals surface area contributed by atoms with Gasteiger partial charge in [0.05, 0.1) is 11.7 Å². The molecule has 7 heteroatoms. The number of hydrogen-bond acceptors (Lipinski definition) is 4. The van der Waals surface area contributed by atoms with Gasteiger partial charge in [0.25, 0.3) is 0 Å². The second-order valence-corrected chi connectivity index (χ2v) is 6.79. The quantitative estimate of drug-likeness (QED) is 0.684. The summed E-state index contributed by atoms with van der Waals surface area (Å²) in [6.45, 7) is 7.60. The fraction of sp³-hybridized carbons (Fsp3) is 0.500. The number of nitrogens with two attached hydrogens (primary N) is 1. The first kappa shape index (κ1) is 17.5. The summed E-state index contributed by atoms with van der Waals surface area (Å²) in [5, 5.41) is 2.64. The predicted octanol–water partition coefficient (Wildman–Crippen LogP) is 1.08. The van der Waals surface area contributed by atoms with Crippen LogP contribution in [0.3, 0.4) is 0 Å². The van der Waals surface area contributed by atoms with Crippen molar-refractivity contribution in [2.45, 2.75) is 45.1 Å². The van der Waals surface area contributed by atoms with E-state index in [4.69, 9.17) is 5.73 Å². The molecule has 1 atom stereocenters. The van der Waals surface area contributed by atoms with Crippen molar-refractivity contribution in [3.05, 3.63) is 23.3 Å². The maximum atomic E-state index is 12.3. The third-order valence-electron chi connectivity index (χ3n) is 3.19. The molecule has 0 saturated heterocycles. The van der Waals surface area contributed by atoms with Crippen LogP contribution >= 0.6 is 0 Å². The molecule has 0 aromatic heterocycles. The highest BCUT2D eigenvalue weighted by molar-refractivity contribution is 7.89. The number of hydrogen-bond donors (Lipinski definition) is 3. The number of nitrogens with one attached hydrogen (secondary N) is 2. The Morgan fingerprint density at radius 2 is 1.86 bits per heavy atom. The van der Waals surface area contributed by atoms with Gasteiger partial charge in [0.1, 0.15) is 4.90 Å². The number of aryl methyl sites for hydroxylation is 2. The van der Waals surface area contributed by atoms with E-state index in [-0.39, 0.29) is 16.5 Å². The summed E-state index contributed by atoms with van der Waals surface area (Å²) in [6, 6.07) is 2.28. The highest BCUT2D eigenvalue weighted by Gasteiger charge is 2.24. The number of nitrogen functional groups attached to an aromatic ring is 1. The molecule has 1 unspecified atom stereocenters. The van der Waals surface area contributed by atoms with Gasteiger partial charge in [-0.05, 0) is 50.5 Å². The molecule has 0 aliphatic heterocycles. The number of carbonyl (C=O) groups excluding carboxylic acids is 1. The van der Waals surface area contributed by atoms with Crippen molar-refractivity contribution in [2.24, 2.45) is 0 Å². The number of anilines is 1. The van der Waals surface area contributed by atoms with Gasteiger partial charge in [-0.3, -0.25) is 4.79 Å². The Labute approximate surface area is 126 Å². The highest BCUT2D eigenvalue weighted by Crippen LogP contribution is 2.22. The van der Waals surface area contributed by atoms with Gasteiger partial charge in [-0.2, -0.15) is 4.72 Å². The number of carbonyl (C=O) groups is 1. The van der Waals surface area contributed by atoms with Crippen LogP contribution in [0.1, 0.15) is 31.4 Å². The normalized spacial score (nSPS) is 13.0. The van der Waals surface area contributed by atoms with Crippen LogP contribution in [0.4, 0.5) is 5.69 Å². The van der Waals surface area contributed by atoms with Crippen LogP contribution in [-0.2, 0) is 14.8 Å². The zero-order chi connectivity index (χ0) is 16.2. The van der Waals surface area contributed by atoms with Gasteiger partial charge in [-0.25, -0.2) is 8.42 Å². The first-order chi connectivity index (χ1) is 9.69. The van der Waals surface area contributed by atoms with Gasteiger partial charge in [0, 0.05) is 6.54 Å². The van der Waals surface area contributed by atoms with Crippen LogP contribution in [0.25, 0.3) is 0 Å². The summed E-state index contributed by atoms with van der Waals surface area (Å²) in [5.41, 5.74) is 7.71. The molecule has 1 rings (SSSR count). The number of amides is 1. The monoisotopic (exact) mass is 313 g/mol. The standard InChI is InChI=1S/C14H23N3O3S/c1-5-6-16-14(18)11(4)17-21(19,20)13-8-10(3)9(2)7-12(13)15/h7-8,11,17H,5-6,15H2,1-4H3,(H,16,18). The number of rotatable bonds is 6. The molecule has 0 aliphatic carbocycles. The molecule has 21 heavy (non-hydrogen) atoms. The molecule has 0 aliphatic rings. The Hall–Kier alpha value is -1.60. The van der Waals surface area contributed by atoms with E-state index in [0.29, 0.717) is 6.54 Å². The maximum absolute atomic E-state index is 12.3. The molecule has 0 radical (unpaired) electrons. The van der Waals surface area contributed by atoms with E-state index in [1.54, 1.807) is 6.07 Å².